The molecule has 1 aromatic carbocycles. The van der Waals surface area contributed by atoms with E-state index in [-0.39, 0.29) is 0 Å². The summed E-state index contributed by atoms with van der Waals surface area (Å²) in [5.74, 6) is 0.736. The van der Waals surface area contributed by atoms with E-state index in [4.69, 9.17) is 4.74 Å². The van der Waals surface area contributed by atoms with Crippen molar-refractivity contribution in [2.75, 3.05) is 7.11 Å². The van der Waals surface area contributed by atoms with Gasteiger partial charge in [-0.3, -0.25) is 9.78 Å². The Hall–Kier alpha value is -2.16. The number of carbonyl (C=O) groups is 1. The van der Waals surface area contributed by atoms with Gasteiger partial charge >= 0.3 is 0 Å². The molecule has 0 N–H and O–H groups in total. The highest BCUT2D eigenvalue weighted by Gasteiger charge is 2.06. The van der Waals surface area contributed by atoms with Crippen LogP contribution in [0.1, 0.15) is 16.1 Å². The van der Waals surface area contributed by atoms with E-state index in [0.29, 0.717) is 5.56 Å². The van der Waals surface area contributed by atoms with E-state index in [9.17, 15) is 4.79 Å². The Balaban J connectivity index is 2.59. The normalized spacial score (nSPS) is 10.0. The quantitative estimate of drug-likeness (QED) is 0.757. The first-order valence-electron chi connectivity index (χ1n) is 5.31. The van der Waals surface area contributed by atoms with Crippen molar-refractivity contribution >= 4 is 6.29 Å². The summed E-state index contributed by atoms with van der Waals surface area (Å²) in [6, 6.07) is 9.23. The molecule has 0 fully saturated rings. The van der Waals surface area contributed by atoms with Crippen molar-refractivity contribution in [3.63, 3.8) is 0 Å². The van der Waals surface area contributed by atoms with E-state index in [1.807, 2.05) is 25.1 Å². The second-order valence-corrected chi connectivity index (χ2v) is 3.76. The summed E-state index contributed by atoms with van der Waals surface area (Å²) in [5, 5.41) is 0. The summed E-state index contributed by atoms with van der Waals surface area (Å²) >= 11 is 0. The molecule has 3 nitrogen and oxygen atoms in total. The molecule has 1 aromatic heterocycles. The van der Waals surface area contributed by atoms with Crippen molar-refractivity contribution < 1.29 is 9.53 Å². The number of aryl methyl sites for hydroxylation is 1. The number of hydrogen-bond acceptors (Lipinski definition) is 3. The first kappa shape index (κ1) is 11.3. The van der Waals surface area contributed by atoms with Crippen LogP contribution in [0.2, 0.25) is 0 Å². The van der Waals surface area contributed by atoms with Gasteiger partial charge in [0.1, 0.15) is 5.75 Å². The van der Waals surface area contributed by atoms with Crippen LogP contribution < -0.4 is 4.74 Å². The van der Waals surface area contributed by atoms with Crippen molar-refractivity contribution in [2.45, 2.75) is 6.92 Å². The van der Waals surface area contributed by atoms with Gasteiger partial charge in [0.2, 0.25) is 0 Å². The second kappa shape index (κ2) is 4.78. The molecule has 0 aliphatic heterocycles. The van der Waals surface area contributed by atoms with Crippen molar-refractivity contribution in [1.82, 2.24) is 4.98 Å². The molecule has 0 atom stereocenters. The fourth-order valence-electron chi connectivity index (χ4n) is 1.73. The van der Waals surface area contributed by atoms with Gasteiger partial charge in [0.25, 0.3) is 0 Å². The lowest BCUT2D eigenvalue weighted by molar-refractivity contribution is 0.112. The number of benzene rings is 1. The van der Waals surface area contributed by atoms with E-state index in [1.54, 1.807) is 25.4 Å². The largest absolute Gasteiger partial charge is 0.497 e. The summed E-state index contributed by atoms with van der Waals surface area (Å²) in [5.41, 5.74) is 3.40. The summed E-state index contributed by atoms with van der Waals surface area (Å²) in [6.07, 6.45) is 2.59. The van der Waals surface area contributed by atoms with E-state index in [1.165, 1.54) is 0 Å². The van der Waals surface area contributed by atoms with Gasteiger partial charge in [-0.2, -0.15) is 0 Å². The molecule has 17 heavy (non-hydrogen) atoms. The number of rotatable bonds is 3. The van der Waals surface area contributed by atoms with Crippen LogP contribution in [-0.4, -0.2) is 18.4 Å². The highest BCUT2D eigenvalue weighted by atomic mass is 16.5. The fraction of sp³-hybridized carbons (Fsp3) is 0.143. The van der Waals surface area contributed by atoms with Gasteiger partial charge in [-0.05, 0) is 48.4 Å². The van der Waals surface area contributed by atoms with Gasteiger partial charge in [-0.25, -0.2) is 0 Å². The van der Waals surface area contributed by atoms with E-state index in [2.05, 4.69) is 4.98 Å². The lowest BCUT2D eigenvalue weighted by Gasteiger charge is -2.08. The zero-order chi connectivity index (χ0) is 12.3. The first-order valence-corrected chi connectivity index (χ1v) is 5.31. The second-order valence-electron chi connectivity index (χ2n) is 3.76. The predicted octanol–water partition coefficient (Wildman–Crippen LogP) is 2.88. The molecule has 0 radical (unpaired) electrons. The van der Waals surface area contributed by atoms with E-state index >= 15 is 0 Å². The molecular formula is C14H13NO2. The third-order valence-electron chi connectivity index (χ3n) is 2.60. The summed E-state index contributed by atoms with van der Waals surface area (Å²) < 4.78 is 5.17. The molecule has 1 heterocycles. The summed E-state index contributed by atoms with van der Waals surface area (Å²) in [6.45, 7) is 1.92. The molecule has 0 aliphatic rings. The van der Waals surface area contributed by atoms with Gasteiger partial charge in [0.15, 0.2) is 6.29 Å². The van der Waals surface area contributed by atoms with Crippen molar-refractivity contribution in [3.05, 3.63) is 47.8 Å². The first-order chi connectivity index (χ1) is 8.24. The molecule has 2 aromatic rings. The fourth-order valence-corrected chi connectivity index (χ4v) is 1.73. The van der Waals surface area contributed by atoms with Crippen LogP contribution in [0.15, 0.2) is 36.5 Å². The predicted molar refractivity (Wildman–Crippen MR) is 66.3 cm³/mol. The topological polar surface area (TPSA) is 39.2 Å². The molecule has 0 saturated heterocycles. The molecule has 0 unspecified atom stereocenters. The van der Waals surface area contributed by atoms with Crippen LogP contribution in [0.3, 0.4) is 0 Å². The number of ether oxygens (including phenoxy) is 1. The Morgan fingerprint density at radius 1 is 1.24 bits per heavy atom. The number of carbonyl (C=O) groups excluding carboxylic acids is 1. The molecular weight excluding hydrogens is 214 g/mol. The van der Waals surface area contributed by atoms with Crippen LogP contribution in [0.25, 0.3) is 11.1 Å². The van der Waals surface area contributed by atoms with Gasteiger partial charge in [-0.15, -0.1) is 0 Å². The maximum atomic E-state index is 11.0. The van der Waals surface area contributed by atoms with Crippen molar-refractivity contribution in [3.8, 4) is 16.9 Å². The Morgan fingerprint density at radius 3 is 2.71 bits per heavy atom. The number of nitrogens with zero attached hydrogens (tertiary/aromatic N) is 1. The Morgan fingerprint density at radius 2 is 2.06 bits per heavy atom. The smallest absolute Gasteiger partial charge is 0.150 e. The average Bonchev–Trinajstić information content (AvgIpc) is 2.38. The highest BCUT2D eigenvalue weighted by Crippen LogP contribution is 2.27. The number of methoxy groups -OCH3 is 1. The van der Waals surface area contributed by atoms with Crippen LogP contribution in [0, 0.1) is 6.92 Å². The van der Waals surface area contributed by atoms with Crippen LogP contribution in [0.4, 0.5) is 0 Å². The molecule has 0 amide bonds. The van der Waals surface area contributed by atoms with Crippen molar-refractivity contribution in [1.29, 1.82) is 0 Å². The van der Waals surface area contributed by atoms with E-state index in [0.717, 1.165) is 28.9 Å². The minimum absolute atomic E-state index is 0.649. The third-order valence-corrected chi connectivity index (χ3v) is 2.60. The minimum atomic E-state index is 0.649. The van der Waals surface area contributed by atoms with Gasteiger partial charge in [-0.1, -0.05) is 0 Å². The van der Waals surface area contributed by atoms with Gasteiger partial charge in [0, 0.05) is 17.5 Å². The Bertz CT molecular complexity index is 550. The number of pyridine rings is 1. The lowest BCUT2D eigenvalue weighted by Crippen LogP contribution is -1.91. The maximum absolute atomic E-state index is 11.0. The number of hydrogen-bond donors (Lipinski definition) is 0. The molecule has 2 rings (SSSR count). The SMILES string of the molecule is COc1ccc(C=O)c(-c2ccnc(C)c2)c1. The highest BCUT2D eigenvalue weighted by molar-refractivity contribution is 5.88. The summed E-state index contributed by atoms with van der Waals surface area (Å²) in [7, 11) is 1.61. The Kier molecular flexibility index (Phi) is 3.19. The van der Waals surface area contributed by atoms with Crippen LogP contribution in [-0.2, 0) is 0 Å². The lowest BCUT2D eigenvalue weighted by atomic mass is 10.0. The number of aromatic nitrogens is 1. The molecule has 0 spiro atoms. The zero-order valence-electron chi connectivity index (χ0n) is 9.81. The van der Waals surface area contributed by atoms with Crippen molar-refractivity contribution in [2.24, 2.45) is 0 Å². The standard InChI is InChI=1S/C14H13NO2/c1-10-7-11(5-6-15-10)14-8-13(17-2)4-3-12(14)9-16/h3-9H,1-2H3. The van der Waals surface area contributed by atoms with Gasteiger partial charge in [0.05, 0.1) is 7.11 Å². The molecule has 3 heteroatoms. The average molecular weight is 227 g/mol. The number of aldehydes is 1. The zero-order valence-corrected chi connectivity index (χ0v) is 9.81. The molecule has 0 bridgehead atoms. The summed E-state index contributed by atoms with van der Waals surface area (Å²) in [4.78, 5) is 15.2. The maximum Gasteiger partial charge on any atom is 0.150 e. The van der Waals surface area contributed by atoms with E-state index < -0.39 is 0 Å². The van der Waals surface area contributed by atoms with Gasteiger partial charge < -0.3 is 4.74 Å². The van der Waals surface area contributed by atoms with Crippen LogP contribution >= 0.6 is 0 Å². The Labute approximate surface area is 100 Å². The molecule has 0 saturated carbocycles. The molecule has 86 valence electrons. The molecule has 0 aliphatic carbocycles. The van der Waals surface area contributed by atoms with Crippen LogP contribution in [0.5, 0.6) is 5.75 Å². The minimum Gasteiger partial charge on any atom is -0.497 e. The third kappa shape index (κ3) is 2.33. The monoisotopic (exact) mass is 227 g/mol.